The zero-order valence-electron chi connectivity index (χ0n) is 11.9. The molecule has 0 atom stereocenters. The first kappa shape index (κ1) is 16.8. The second kappa shape index (κ2) is 6.71. The molecule has 23 heavy (non-hydrogen) atoms. The van der Waals surface area contributed by atoms with E-state index in [1.165, 1.54) is 18.2 Å². The van der Waals surface area contributed by atoms with Crippen molar-refractivity contribution in [2.24, 2.45) is 10.9 Å². The molecule has 2 rings (SSSR count). The average molecular weight is 339 g/mol. The minimum absolute atomic E-state index is 0.0978. The largest absolute Gasteiger partial charge is 0.473 e. The molecule has 1 aromatic heterocycles. The Kier molecular flexibility index (Phi) is 4.92. The van der Waals surface area contributed by atoms with E-state index in [0.29, 0.717) is 5.56 Å². The molecule has 4 N–H and O–H groups in total. The van der Waals surface area contributed by atoms with E-state index in [9.17, 15) is 17.6 Å². The van der Waals surface area contributed by atoms with Gasteiger partial charge in [0.2, 0.25) is 21.8 Å². The summed E-state index contributed by atoms with van der Waals surface area (Å²) in [6.07, 6.45) is 0.796. The number of pyridine rings is 1. The topological polar surface area (TPSA) is 125 Å². The molecular weight excluding hydrogens is 325 g/mol. The number of hydrogen-bond acceptors (Lipinski definition) is 5. The number of rotatable bonds is 6. The third kappa shape index (κ3) is 4.47. The number of primary sulfonamides is 1. The Labute approximate surface area is 132 Å². The minimum Gasteiger partial charge on any atom is -0.473 e. The molecule has 7 nitrogen and oxygen atoms in total. The van der Waals surface area contributed by atoms with Crippen molar-refractivity contribution in [2.45, 2.75) is 17.9 Å². The summed E-state index contributed by atoms with van der Waals surface area (Å²) in [4.78, 5) is 14.7. The van der Waals surface area contributed by atoms with Crippen LogP contribution in [0.4, 0.5) is 4.39 Å². The highest BCUT2D eigenvalue weighted by Crippen LogP contribution is 2.21. The smallest absolute Gasteiger partial charge is 0.238 e. The lowest BCUT2D eigenvalue weighted by Gasteiger charge is -2.13. The summed E-state index contributed by atoms with van der Waals surface area (Å²) in [5.41, 5.74) is 5.75. The van der Waals surface area contributed by atoms with Crippen molar-refractivity contribution in [2.75, 3.05) is 0 Å². The van der Waals surface area contributed by atoms with Crippen molar-refractivity contribution in [3.63, 3.8) is 0 Å². The van der Waals surface area contributed by atoms with Crippen molar-refractivity contribution in [1.82, 2.24) is 4.98 Å². The molecule has 0 aliphatic heterocycles. The third-order valence-corrected chi connectivity index (χ3v) is 3.96. The van der Waals surface area contributed by atoms with Gasteiger partial charge in [0.25, 0.3) is 0 Å². The maximum atomic E-state index is 12.8. The number of nitrogens with two attached hydrogens (primary N) is 2. The van der Waals surface area contributed by atoms with Gasteiger partial charge in [-0.15, -0.1) is 0 Å². The zero-order chi connectivity index (χ0) is 17.0. The van der Waals surface area contributed by atoms with E-state index < -0.39 is 21.7 Å². The zero-order valence-corrected chi connectivity index (χ0v) is 12.7. The van der Waals surface area contributed by atoms with Crippen LogP contribution in [0.1, 0.15) is 11.1 Å². The maximum Gasteiger partial charge on any atom is 0.238 e. The van der Waals surface area contributed by atoms with Crippen LogP contribution in [0.15, 0.2) is 41.4 Å². The number of halogens is 1. The van der Waals surface area contributed by atoms with Crippen LogP contribution in [0.3, 0.4) is 0 Å². The molecule has 0 unspecified atom stereocenters. The standard InChI is InChI=1S/C14H14FN3O4S/c15-10-4-5-14(18-7-10)22-8-11-9(6-13(16)19)2-1-3-12(11)23(17,20)21/h1-5,7H,6,8H2,(H2,16,19)(H2,17,20,21). The normalized spacial score (nSPS) is 11.2. The van der Waals surface area contributed by atoms with Crippen molar-refractivity contribution < 1.29 is 22.3 Å². The third-order valence-electron chi connectivity index (χ3n) is 2.97. The summed E-state index contributed by atoms with van der Waals surface area (Å²) >= 11 is 0. The van der Waals surface area contributed by atoms with Gasteiger partial charge in [-0.05, 0) is 17.7 Å². The number of hydrogen-bond donors (Lipinski definition) is 2. The second-order valence-electron chi connectivity index (χ2n) is 4.69. The number of carbonyl (C=O) groups is 1. The molecule has 0 saturated heterocycles. The predicted molar refractivity (Wildman–Crippen MR) is 79.2 cm³/mol. The number of nitrogens with zero attached hydrogens (tertiary/aromatic N) is 1. The van der Waals surface area contributed by atoms with Gasteiger partial charge in [0.1, 0.15) is 12.4 Å². The second-order valence-corrected chi connectivity index (χ2v) is 6.22. The van der Waals surface area contributed by atoms with Gasteiger partial charge in [-0.1, -0.05) is 12.1 Å². The maximum absolute atomic E-state index is 12.8. The Morgan fingerprint density at radius 2 is 2.00 bits per heavy atom. The van der Waals surface area contributed by atoms with Crippen molar-refractivity contribution in [1.29, 1.82) is 0 Å². The Bertz CT molecular complexity index is 822. The molecular formula is C14H14FN3O4S. The summed E-state index contributed by atoms with van der Waals surface area (Å²) in [5, 5.41) is 5.18. The SMILES string of the molecule is NC(=O)Cc1cccc(S(N)(=O)=O)c1COc1ccc(F)cn1. The van der Waals surface area contributed by atoms with E-state index in [2.05, 4.69) is 4.98 Å². The van der Waals surface area contributed by atoms with Crippen LogP contribution in [-0.2, 0) is 27.8 Å². The summed E-state index contributed by atoms with van der Waals surface area (Å²) in [6.45, 7) is -0.214. The molecule has 0 bridgehead atoms. The van der Waals surface area contributed by atoms with Crippen molar-refractivity contribution >= 4 is 15.9 Å². The van der Waals surface area contributed by atoms with E-state index in [1.54, 1.807) is 6.07 Å². The van der Waals surface area contributed by atoms with Gasteiger partial charge in [-0.2, -0.15) is 0 Å². The summed E-state index contributed by atoms with van der Waals surface area (Å²) in [6, 6.07) is 6.76. The van der Waals surface area contributed by atoms with E-state index >= 15 is 0 Å². The molecule has 0 saturated carbocycles. The first-order chi connectivity index (χ1) is 10.8. The fourth-order valence-corrected chi connectivity index (χ4v) is 2.79. The highest BCUT2D eigenvalue weighted by Gasteiger charge is 2.18. The summed E-state index contributed by atoms with van der Waals surface area (Å²) in [5.74, 6) is -1.06. The van der Waals surface area contributed by atoms with Gasteiger partial charge in [-0.3, -0.25) is 4.79 Å². The lowest BCUT2D eigenvalue weighted by Crippen LogP contribution is -2.20. The first-order valence-electron chi connectivity index (χ1n) is 6.43. The van der Waals surface area contributed by atoms with Gasteiger partial charge in [-0.25, -0.2) is 22.9 Å². The van der Waals surface area contributed by atoms with E-state index in [0.717, 1.165) is 12.3 Å². The van der Waals surface area contributed by atoms with E-state index in [4.69, 9.17) is 15.6 Å². The predicted octanol–water partition coefficient (Wildman–Crippen LogP) is 0.475. The van der Waals surface area contributed by atoms with Crippen LogP contribution in [-0.4, -0.2) is 19.3 Å². The Balaban J connectivity index is 2.37. The van der Waals surface area contributed by atoms with Gasteiger partial charge in [0.05, 0.1) is 17.5 Å². The molecule has 0 aliphatic carbocycles. The molecule has 9 heteroatoms. The fourth-order valence-electron chi connectivity index (χ4n) is 1.99. The number of ether oxygens (including phenoxy) is 1. The van der Waals surface area contributed by atoms with Crippen LogP contribution in [0.5, 0.6) is 5.88 Å². The van der Waals surface area contributed by atoms with Gasteiger partial charge in [0.15, 0.2) is 0 Å². The number of aromatic nitrogens is 1. The molecule has 2 aromatic rings. The van der Waals surface area contributed by atoms with Gasteiger partial charge < -0.3 is 10.5 Å². The molecule has 0 radical (unpaired) electrons. The molecule has 0 fully saturated rings. The highest BCUT2D eigenvalue weighted by atomic mass is 32.2. The number of carbonyl (C=O) groups excluding carboxylic acids is 1. The highest BCUT2D eigenvalue weighted by molar-refractivity contribution is 7.89. The summed E-state index contributed by atoms with van der Waals surface area (Å²) < 4.78 is 41.5. The fraction of sp³-hybridized carbons (Fsp3) is 0.143. The monoisotopic (exact) mass is 339 g/mol. The number of primary amides is 1. The number of sulfonamides is 1. The quantitative estimate of drug-likeness (QED) is 0.791. The summed E-state index contributed by atoms with van der Waals surface area (Å²) in [7, 11) is -4.02. The Hall–Kier alpha value is -2.52. The number of benzene rings is 1. The van der Waals surface area contributed by atoms with Crippen LogP contribution in [0, 0.1) is 5.82 Å². The molecule has 0 aliphatic rings. The Morgan fingerprint density at radius 3 is 2.57 bits per heavy atom. The molecule has 122 valence electrons. The van der Waals surface area contributed by atoms with Gasteiger partial charge >= 0.3 is 0 Å². The lowest BCUT2D eigenvalue weighted by molar-refractivity contribution is -0.117. The number of amides is 1. The lowest BCUT2D eigenvalue weighted by atomic mass is 10.0. The van der Waals surface area contributed by atoms with E-state index in [1.807, 2.05) is 0 Å². The molecule has 1 aromatic carbocycles. The Morgan fingerprint density at radius 1 is 1.26 bits per heavy atom. The molecule has 1 amide bonds. The van der Waals surface area contributed by atoms with Crippen molar-refractivity contribution in [3.05, 3.63) is 53.5 Å². The first-order valence-corrected chi connectivity index (χ1v) is 7.98. The minimum atomic E-state index is -4.02. The van der Waals surface area contributed by atoms with Crippen LogP contribution in [0.2, 0.25) is 0 Å². The van der Waals surface area contributed by atoms with E-state index in [-0.39, 0.29) is 29.4 Å². The van der Waals surface area contributed by atoms with Gasteiger partial charge in [0, 0.05) is 11.6 Å². The van der Waals surface area contributed by atoms with Crippen LogP contribution < -0.4 is 15.6 Å². The van der Waals surface area contributed by atoms with Crippen molar-refractivity contribution in [3.8, 4) is 5.88 Å². The average Bonchev–Trinajstić information content (AvgIpc) is 2.46. The molecule has 0 spiro atoms. The van der Waals surface area contributed by atoms with Crippen LogP contribution in [0.25, 0.3) is 0 Å². The van der Waals surface area contributed by atoms with Crippen LogP contribution >= 0.6 is 0 Å². The molecule has 1 heterocycles.